The second-order valence-electron chi connectivity index (χ2n) is 7.84. The van der Waals surface area contributed by atoms with E-state index >= 15 is 0 Å². The van der Waals surface area contributed by atoms with Crippen LogP contribution in [0, 0.1) is 0 Å². The van der Waals surface area contributed by atoms with E-state index in [0.29, 0.717) is 5.75 Å². The van der Waals surface area contributed by atoms with Gasteiger partial charge in [-0.1, -0.05) is 18.2 Å². The Labute approximate surface area is 207 Å². The molecule has 0 aliphatic heterocycles. The summed E-state index contributed by atoms with van der Waals surface area (Å²) in [5.41, 5.74) is 7.35. The lowest BCUT2D eigenvalue weighted by molar-refractivity contribution is -0.142. The number of carbonyl (C=O) groups excluding carboxylic acids is 3. The summed E-state index contributed by atoms with van der Waals surface area (Å²) in [6.45, 7) is 1.50. The van der Waals surface area contributed by atoms with Crippen LogP contribution in [0.15, 0.2) is 30.5 Å². The summed E-state index contributed by atoms with van der Waals surface area (Å²) in [7, 11) is 0. The smallest absolute Gasteiger partial charge is 0.326 e. The van der Waals surface area contributed by atoms with E-state index in [1.807, 2.05) is 30.5 Å². The molecular weight excluding hydrogens is 478 g/mol. The Morgan fingerprint density at radius 3 is 2.29 bits per heavy atom. The quantitative estimate of drug-likeness (QED) is 0.190. The monoisotopic (exact) mass is 509 g/mol. The van der Waals surface area contributed by atoms with E-state index in [1.54, 1.807) is 6.20 Å². The number of thiol groups is 1. The Hall–Kier alpha value is -2.70. The number of aromatic nitrogens is 1. The van der Waals surface area contributed by atoms with Crippen LogP contribution in [0.5, 0.6) is 0 Å². The van der Waals surface area contributed by atoms with E-state index in [1.165, 1.54) is 18.7 Å². The molecule has 7 N–H and O–H groups in total. The van der Waals surface area contributed by atoms with Crippen molar-refractivity contribution in [2.24, 2.45) is 5.73 Å². The first-order chi connectivity index (χ1) is 16.2. The molecule has 2 rings (SSSR count). The topological polar surface area (TPSA) is 166 Å². The highest BCUT2D eigenvalue weighted by Crippen LogP contribution is 2.19. The SMILES string of the molecule is CSCCC(NC(=O)C(CS)NC(=O)C(Cc1c[nH]c2ccccc12)NC(=O)C(C)N)C(=O)O. The van der Waals surface area contributed by atoms with Crippen molar-refractivity contribution < 1.29 is 24.3 Å². The highest BCUT2D eigenvalue weighted by atomic mass is 32.2. The van der Waals surface area contributed by atoms with Crippen molar-refractivity contribution in [2.75, 3.05) is 17.8 Å². The number of rotatable bonds is 13. The Bertz CT molecular complexity index is 1010. The fourth-order valence-electron chi connectivity index (χ4n) is 3.26. The van der Waals surface area contributed by atoms with Gasteiger partial charge in [-0.15, -0.1) is 0 Å². The maximum atomic E-state index is 13.1. The molecule has 12 heteroatoms. The van der Waals surface area contributed by atoms with Gasteiger partial charge in [-0.25, -0.2) is 4.79 Å². The number of carboxylic acid groups (broad SMARTS) is 1. The van der Waals surface area contributed by atoms with Crippen molar-refractivity contribution in [3.05, 3.63) is 36.0 Å². The van der Waals surface area contributed by atoms with Crippen LogP contribution >= 0.6 is 24.4 Å². The molecule has 186 valence electrons. The zero-order valence-electron chi connectivity index (χ0n) is 19.0. The summed E-state index contributed by atoms with van der Waals surface area (Å²) in [5.74, 6) is -2.47. The molecule has 0 aliphatic rings. The molecule has 0 spiro atoms. The molecule has 0 aliphatic carbocycles. The van der Waals surface area contributed by atoms with Crippen molar-refractivity contribution in [1.82, 2.24) is 20.9 Å². The molecule has 0 fully saturated rings. The van der Waals surface area contributed by atoms with Crippen molar-refractivity contribution in [2.45, 2.75) is 43.9 Å². The third-order valence-electron chi connectivity index (χ3n) is 5.19. The fraction of sp³-hybridized carbons (Fsp3) is 0.455. The summed E-state index contributed by atoms with van der Waals surface area (Å²) in [5, 5.41) is 17.9. The van der Waals surface area contributed by atoms with Crippen molar-refractivity contribution >= 4 is 59.0 Å². The molecule has 0 saturated heterocycles. The summed E-state index contributed by atoms with van der Waals surface area (Å²) < 4.78 is 0. The Kier molecular flexibility index (Phi) is 10.7. The van der Waals surface area contributed by atoms with Gasteiger partial charge in [0.15, 0.2) is 0 Å². The van der Waals surface area contributed by atoms with Gasteiger partial charge >= 0.3 is 5.97 Å². The zero-order valence-corrected chi connectivity index (χ0v) is 20.7. The summed E-state index contributed by atoms with van der Waals surface area (Å²) in [6, 6.07) is 3.51. The van der Waals surface area contributed by atoms with Gasteiger partial charge in [0.25, 0.3) is 0 Å². The van der Waals surface area contributed by atoms with Crippen molar-refractivity contribution in [3.8, 4) is 0 Å². The number of aliphatic carboxylic acids is 1. The number of thioether (sulfide) groups is 1. The van der Waals surface area contributed by atoms with Crippen LogP contribution in [0.2, 0.25) is 0 Å². The average molecular weight is 510 g/mol. The first-order valence-corrected chi connectivity index (χ1v) is 12.7. The van der Waals surface area contributed by atoms with E-state index in [-0.39, 0.29) is 18.6 Å². The summed E-state index contributed by atoms with van der Waals surface area (Å²) in [4.78, 5) is 52.7. The largest absolute Gasteiger partial charge is 0.480 e. The van der Waals surface area contributed by atoms with Crippen LogP contribution in [-0.2, 0) is 25.6 Å². The molecule has 34 heavy (non-hydrogen) atoms. The fourth-order valence-corrected chi connectivity index (χ4v) is 3.99. The number of hydrogen-bond acceptors (Lipinski definition) is 7. The molecule has 3 amide bonds. The average Bonchev–Trinajstić information content (AvgIpc) is 3.21. The van der Waals surface area contributed by atoms with E-state index < -0.39 is 47.9 Å². The Morgan fingerprint density at radius 1 is 1.06 bits per heavy atom. The number of carbonyl (C=O) groups is 4. The highest BCUT2D eigenvalue weighted by Gasteiger charge is 2.29. The van der Waals surface area contributed by atoms with Gasteiger partial charge in [0.05, 0.1) is 6.04 Å². The lowest BCUT2D eigenvalue weighted by atomic mass is 10.0. The third-order valence-corrected chi connectivity index (χ3v) is 6.20. The maximum Gasteiger partial charge on any atom is 0.326 e. The van der Waals surface area contributed by atoms with E-state index in [2.05, 4.69) is 33.6 Å². The molecule has 1 aromatic heterocycles. The lowest BCUT2D eigenvalue weighted by Gasteiger charge is -2.24. The number of para-hydroxylation sites is 1. The number of carboxylic acids is 1. The number of H-pyrrole nitrogens is 1. The molecule has 4 atom stereocenters. The van der Waals surface area contributed by atoms with E-state index in [4.69, 9.17) is 5.73 Å². The minimum atomic E-state index is -1.16. The van der Waals surface area contributed by atoms with Crippen LogP contribution in [0.3, 0.4) is 0 Å². The third kappa shape index (κ3) is 7.67. The van der Waals surface area contributed by atoms with E-state index in [0.717, 1.165) is 16.5 Å². The molecule has 0 radical (unpaired) electrons. The molecule has 10 nitrogen and oxygen atoms in total. The van der Waals surface area contributed by atoms with Crippen LogP contribution in [0.25, 0.3) is 10.9 Å². The number of nitrogens with one attached hydrogen (secondary N) is 4. The van der Waals surface area contributed by atoms with Gasteiger partial charge in [0.2, 0.25) is 17.7 Å². The van der Waals surface area contributed by atoms with Crippen LogP contribution in [0.4, 0.5) is 0 Å². The number of nitrogens with two attached hydrogens (primary N) is 1. The molecule has 1 heterocycles. The standard InChI is InChI=1S/C22H31N5O5S2/c1-12(23)19(28)26-17(9-13-10-24-15-6-4-3-5-14(13)15)20(29)27-18(11-33)21(30)25-16(22(31)32)7-8-34-2/h3-6,10,12,16-18,24,33H,7-9,11,23H2,1-2H3,(H,25,30)(H,26,28)(H,27,29)(H,31,32). The van der Waals surface area contributed by atoms with Crippen LogP contribution in [-0.4, -0.2) is 75.7 Å². The van der Waals surface area contributed by atoms with Gasteiger partial charge in [-0.2, -0.15) is 24.4 Å². The molecule has 0 saturated carbocycles. The van der Waals surface area contributed by atoms with E-state index in [9.17, 15) is 24.3 Å². The normalized spacial score (nSPS) is 14.6. The minimum Gasteiger partial charge on any atom is -0.480 e. The van der Waals surface area contributed by atoms with Gasteiger partial charge in [-0.3, -0.25) is 14.4 Å². The molecule has 4 unspecified atom stereocenters. The zero-order chi connectivity index (χ0) is 25.3. The van der Waals surface area contributed by atoms with Gasteiger partial charge in [0.1, 0.15) is 18.1 Å². The number of benzene rings is 1. The molecule has 0 bridgehead atoms. The minimum absolute atomic E-state index is 0.0620. The summed E-state index contributed by atoms with van der Waals surface area (Å²) in [6.07, 6.45) is 3.99. The van der Waals surface area contributed by atoms with Crippen molar-refractivity contribution in [3.63, 3.8) is 0 Å². The number of aromatic amines is 1. The van der Waals surface area contributed by atoms with Crippen LogP contribution < -0.4 is 21.7 Å². The van der Waals surface area contributed by atoms with Gasteiger partial charge < -0.3 is 31.8 Å². The molecular formula is C22H31N5O5S2. The maximum absolute atomic E-state index is 13.1. The van der Waals surface area contributed by atoms with Gasteiger partial charge in [0, 0.05) is 29.3 Å². The predicted molar refractivity (Wildman–Crippen MR) is 136 cm³/mol. The second kappa shape index (κ2) is 13.3. The molecule has 1 aromatic carbocycles. The Morgan fingerprint density at radius 2 is 1.68 bits per heavy atom. The number of fused-ring (bicyclic) bond motifs is 1. The van der Waals surface area contributed by atoms with Crippen molar-refractivity contribution in [1.29, 1.82) is 0 Å². The highest BCUT2D eigenvalue weighted by molar-refractivity contribution is 7.98. The first-order valence-electron chi connectivity index (χ1n) is 10.7. The summed E-state index contributed by atoms with van der Waals surface area (Å²) >= 11 is 5.60. The Balaban J connectivity index is 2.17. The molecule has 2 aromatic rings. The lowest BCUT2D eigenvalue weighted by Crippen LogP contribution is -2.58. The van der Waals surface area contributed by atoms with Gasteiger partial charge in [-0.05, 0) is 37.0 Å². The first kappa shape index (κ1) is 27.5. The number of hydrogen-bond donors (Lipinski definition) is 7. The van der Waals surface area contributed by atoms with Crippen LogP contribution in [0.1, 0.15) is 18.9 Å². The second-order valence-corrected chi connectivity index (χ2v) is 9.19. The predicted octanol–water partition coefficient (Wildman–Crippen LogP) is 0.280. The number of amides is 3.